The van der Waals surface area contributed by atoms with Gasteiger partial charge >= 0.3 is 0 Å². The third-order valence-electron chi connectivity index (χ3n) is 2.75. The number of methoxy groups -OCH3 is 1. The summed E-state index contributed by atoms with van der Waals surface area (Å²) in [6, 6.07) is 8.00. The first-order valence-corrected chi connectivity index (χ1v) is 6.95. The van der Waals surface area contributed by atoms with Gasteiger partial charge in [-0.15, -0.1) is 0 Å². The number of nitrogens with zero attached hydrogens (tertiary/aromatic N) is 1. The molecular formula is C15H25N3O. The van der Waals surface area contributed by atoms with Gasteiger partial charge in [0.25, 0.3) is 0 Å². The summed E-state index contributed by atoms with van der Waals surface area (Å²) in [5, 5.41) is 6.58. The molecule has 0 amide bonds. The molecule has 1 aromatic rings. The van der Waals surface area contributed by atoms with Gasteiger partial charge in [-0.25, -0.2) is 4.99 Å². The van der Waals surface area contributed by atoms with Crippen LogP contribution in [0.1, 0.15) is 32.3 Å². The lowest BCUT2D eigenvalue weighted by molar-refractivity contribution is 0.414. The van der Waals surface area contributed by atoms with Gasteiger partial charge in [0.1, 0.15) is 5.75 Å². The van der Waals surface area contributed by atoms with Crippen molar-refractivity contribution in [2.45, 2.75) is 33.2 Å². The maximum Gasteiger partial charge on any atom is 0.191 e. The second-order valence-corrected chi connectivity index (χ2v) is 4.32. The summed E-state index contributed by atoms with van der Waals surface area (Å²) in [5.41, 5.74) is 1.17. The van der Waals surface area contributed by atoms with Crippen molar-refractivity contribution in [1.82, 2.24) is 10.6 Å². The molecule has 0 saturated heterocycles. The minimum Gasteiger partial charge on any atom is -0.497 e. The first kappa shape index (κ1) is 15.3. The lowest BCUT2D eigenvalue weighted by atomic mass is 10.2. The average Bonchev–Trinajstić information content (AvgIpc) is 2.45. The van der Waals surface area contributed by atoms with E-state index >= 15 is 0 Å². The fourth-order valence-corrected chi connectivity index (χ4v) is 1.63. The van der Waals surface area contributed by atoms with Gasteiger partial charge in [-0.3, -0.25) is 0 Å². The Morgan fingerprint density at radius 1 is 1.16 bits per heavy atom. The van der Waals surface area contributed by atoms with E-state index in [0.29, 0.717) is 6.54 Å². The van der Waals surface area contributed by atoms with Crippen molar-refractivity contribution in [3.05, 3.63) is 29.8 Å². The van der Waals surface area contributed by atoms with Gasteiger partial charge in [0, 0.05) is 13.1 Å². The number of nitrogens with one attached hydrogen (secondary N) is 2. The summed E-state index contributed by atoms with van der Waals surface area (Å²) in [6.45, 7) is 6.77. The lowest BCUT2D eigenvalue weighted by Crippen LogP contribution is -2.37. The molecule has 0 aliphatic carbocycles. The molecule has 0 bridgehead atoms. The number of ether oxygens (including phenoxy) is 1. The van der Waals surface area contributed by atoms with Crippen LogP contribution in [0, 0.1) is 0 Å². The van der Waals surface area contributed by atoms with Crippen molar-refractivity contribution in [1.29, 1.82) is 0 Å². The molecule has 4 nitrogen and oxygen atoms in total. The summed E-state index contributed by atoms with van der Waals surface area (Å²) < 4.78 is 5.14. The summed E-state index contributed by atoms with van der Waals surface area (Å²) in [7, 11) is 1.67. The molecule has 0 saturated carbocycles. The van der Waals surface area contributed by atoms with Gasteiger partial charge in [0.2, 0.25) is 0 Å². The second kappa shape index (κ2) is 9.25. The largest absolute Gasteiger partial charge is 0.497 e. The van der Waals surface area contributed by atoms with Gasteiger partial charge in [0.05, 0.1) is 13.7 Å². The summed E-state index contributed by atoms with van der Waals surface area (Å²) >= 11 is 0. The van der Waals surface area contributed by atoms with E-state index in [-0.39, 0.29) is 0 Å². The fourth-order valence-electron chi connectivity index (χ4n) is 1.63. The number of benzene rings is 1. The van der Waals surface area contributed by atoms with E-state index in [2.05, 4.69) is 29.5 Å². The van der Waals surface area contributed by atoms with Gasteiger partial charge in [0.15, 0.2) is 5.96 Å². The van der Waals surface area contributed by atoms with E-state index in [1.807, 2.05) is 24.3 Å². The van der Waals surface area contributed by atoms with E-state index in [9.17, 15) is 0 Å². The highest BCUT2D eigenvalue weighted by atomic mass is 16.5. The molecule has 0 fully saturated rings. The van der Waals surface area contributed by atoms with Crippen molar-refractivity contribution in [2.75, 3.05) is 20.2 Å². The summed E-state index contributed by atoms with van der Waals surface area (Å²) in [4.78, 5) is 4.56. The van der Waals surface area contributed by atoms with Gasteiger partial charge in [-0.1, -0.05) is 25.5 Å². The summed E-state index contributed by atoms with van der Waals surface area (Å²) in [5.74, 6) is 1.76. The zero-order valence-electron chi connectivity index (χ0n) is 12.2. The van der Waals surface area contributed by atoms with E-state index in [1.165, 1.54) is 12.0 Å². The minimum atomic E-state index is 0.672. The SMILES string of the molecule is CCCCNC(=NCc1ccc(OC)cc1)NCC. The molecule has 106 valence electrons. The lowest BCUT2D eigenvalue weighted by Gasteiger charge is -2.10. The van der Waals surface area contributed by atoms with Crippen molar-refractivity contribution < 1.29 is 4.74 Å². The van der Waals surface area contributed by atoms with Crippen LogP contribution in [0.4, 0.5) is 0 Å². The van der Waals surface area contributed by atoms with Crippen molar-refractivity contribution in [2.24, 2.45) is 4.99 Å². The molecule has 0 unspecified atom stereocenters. The number of unbranched alkanes of at least 4 members (excludes halogenated alkanes) is 1. The highest BCUT2D eigenvalue weighted by molar-refractivity contribution is 5.79. The van der Waals surface area contributed by atoms with Crippen molar-refractivity contribution in [3.8, 4) is 5.75 Å². The van der Waals surface area contributed by atoms with Gasteiger partial charge < -0.3 is 15.4 Å². The molecule has 0 atom stereocenters. The number of hydrogen-bond donors (Lipinski definition) is 2. The normalized spacial score (nSPS) is 11.2. The summed E-state index contributed by atoms with van der Waals surface area (Å²) in [6.07, 6.45) is 2.35. The smallest absolute Gasteiger partial charge is 0.191 e. The van der Waals surface area contributed by atoms with E-state index in [1.54, 1.807) is 7.11 Å². The molecule has 1 aromatic carbocycles. The minimum absolute atomic E-state index is 0.672. The first-order valence-electron chi connectivity index (χ1n) is 6.95. The maximum absolute atomic E-state index is 5.14. The van der Waals surface area contributed by atoms with Crippen LogP contribution in [0.25, 0.3) is 0 Å². The number of rotatable bonds is 7. The van der Waals surface area contributed by atoms with Crippen LogP contribution in [-0.2, 0) is 6.54 Å². The molecule has 0 aliphatic heterocycles. The third-order valence-corrected chi connectivity index (χ3v) is 2.75. The Morgan fingerprint density at radius 2 is 1.89 bits per heavy atom. The predicted octanol–water partition coefficient (Wildman–Crippen LogP) is 2.55. The second-order valence-electron chi connectivity index (χ2n) is 4.32. The Balaban J connectivity index is 2.52. The number of guanidine groups is 1. The van der Waals surface area contributed by atoms with Gasteiger partial charge in [-0.05, 0) is 31.0 Å². The van der Waals surface area contributed by atoms with Crippen molar-refractivity contribution >= 4 is 5.96 Å². The van der Waals surface area contributed by atoms with E-state index in [0.717, 1.165) is 31.2 Å². The molecule has 0 spiro atoms. The monoisotopic (exact) mass is 263 g/mol. The van der Waals surface area contributed by atoms with Crippen LogP contribution in [0.5, 0.6) is 5.75 Å². The molecule has 0 aromatic heterocycles. The molecule has 2 N–H and O–H groups in total. The molecule has 19 heavy (non-hydrogen) atoms. The highest BCUT2D eigenvalue weighted by Crippen LogP contribution is 2.11. The van der Waals surface area contributed by atoms with Crippen LogP contribution >= 0.6 is 0 Å². The molecule has 0 aliphatic rings. The Morgan fingerprint density at radius 3 is 2.47 bits per heavy atom. The Bertz CT molecular complexity index is 373. The molecule has 1 rings (SSSR count). The Kier molecular flexibility index (Phi) is 7.47. The van der Waals surface area contributed by atoms with Crippen LogP contribution in [0.3, 0.4) is 0 Å². The predicted molar refractivity (Wildman–Crippen MR) is 80.7 cm³/mol. The zero-order valence-corrected chi connectivity index (χ0v) is 12.2. The molecule has 0 radical (unpaired) electrons. The fraction of sp³-hybridized carbons (Fsp3) is 0.533. The zero-order chi connectivity index (χ0) is 13.9. The average molecular weight is 263 g/mol. The first-order chi connectivity index (χ1) is 9.30. The molecule has 0 heterocycles. The van der Waals surface area contributed by atoms with E-state index in [4.69, 9.17) is 4.74 Å². The van der Waals surface area contributed by atoms with Crippen molar-refractivity contribution in [3.63, 3.8) is 0 Å². The van der Waals surface area contributed by atoms with Crippen LogP contribution in [0.2, 0.25) is 0 Å². The third kappa shape index (κ3) is 6.13. The quantitative estimate of drug-likeness (QED) is 0.451. The number of hydrogen-bond acceptors (Lipinski definition) is 2. The molecule has 4 heteroatoms. The van der Waals surface area contributed by atoms with E-state index < -0.39 is 0 Å². The molecular weight excluding hydrogens is 238 g/mol. The Labute approximate surface area is 116 Å². The topological polar surface area (TPSA) is 45.7 Å². The van der Waals surface area contributed by atoms with Gasteiger partial charge in [-0.2, -0.15) is 0 Å². The van der Waals surface area contributed by atoms with Crippen LogP contribution < -0.4 is 15.4 Å². The van der Waals surface area contributed by atoms with Crippen LogP contribution in [-0.4, -0.2) is 26.2 Å². The highest BCUT2D eigenvalue weighted by Gasteiger charge is 1.97. The number of aliphatic imine (C=N–C) groups is 1. The Hall–Kier alpha value is -1.71. The maximum atomic E-state index is 5.14. The van der Waals surface area contributed by atoms with Crippen LogP contribution in [0.15, 0.2) is 29.3 Å². The standard InChI is InChI=1S/C15H25N3O/c1-4-6-11-17-15(16-5-2)18-12-13-7-9-14(19-3)10-8-13/h7-10H,4-6,11-12H2,1-3H3,(H2,16,17,18).